The van der Waals surface area contributed by atoms with Crippen LogP contribution in [0, 0.1) is 6.92 Å². The molecule has 3 aromatic heterocycles. The van der Waals surface area contributed by atoms with Crippen molar-refractivity contribution in [2.45, 2.75) is 13.1 Å². The maximum Gasteiger partial charge on any atom is 0.417 e. The summed E-state index contributed by atoms with van der Waals surface area (Å²) in [7, 11) is 3.78. The van der Waals surface area contributed by atoms with Gasteiger partial charge in [-0.15, -0.1) is 0 Å². The van der Waals surface area contributed by atoms with Gasteiger partial charge in [-0.3, -0.25) is 5.10 Å². The molecule has 0 fully saturated rings. The number of hydrogen-bond donors (Lipinski definition) is 5. The van der Waals surface area contributed by atoms with E-state index in [1.807, 2.05) is 32.0 Å². The van der Waals surface area contributed by atoms with Crippen LogP contribution in [0.25, 0.3) is 0 Å². The summed E-state index contributed by atoms with van der Waals surface area (Å²) in [6.07, 6.45) is -3.05. The number of nitrogens with zero attached hydrogens (tertiary/aromatic N) is 5. The highest BCUT2D eigenvalue weighted by atomic mass is 35.5. The molecule has 0 radical (unpaired) electrons. The zero-order valence-corrected chi connectivity index (χ0v) is 21.8. The minimum Gasteiger partial charge on any atom is -0.361 e. The topological polar surface area (TPSA) is 119 Å². The van der Waals surface area contributed by atoms with Crippen LogP contribution in [-0.2, 0) is 6.18 Å². The molecule has 4 rings (SSSR count). The predicted octanol–water partition coefficient (Wildman–Crippen LogP) is 5.94. The summed E-state index contributed by atoms with van der Waals surface area (Å²) < 4.78 is 39.2. The number of alkyl halides is 3. The average Bonchev–Trinajstić information content (AvgIpc) is 3.29. The zero-order chi connectivity index (χ0) is 27.4. The Morgan fingerprint density at radius 2 is 1.74 bits per heavy atom. The molecule has 0 aliphatic heterocycles. The van der Waals surface area contributed by atoms with Crippen LogP contribution in [0.3, 0.4) is 0 Å². The molecule has 10 nitrogen and oxygen atoms in total. The molecule has 0 saturated carbocycles. The molecule has 0 aliphatic carbocycles. The van der Waals surface area contributed by atoms with E-state index in [2.05, 4.69) is 46.4 Å². The second kappa shape index (κ2) is 11.1. The summed E-state index contributed by atoms with van der Waals surface area (Å²) >= 11 is 10.8. The van der Waals surface area contributed by atoms with Crippen molar-refractivity contribution in [1.82, 2.24) is 25.1 Å². The molecule has 0 aliphatic rings. The number of anilines is 7. The summed E-state index contributed by atoms with van der Waals surface area (Å²) in [6, 6.07) is 10.4. The van der Waals surface area contributed by atoms with Gasteiger partial charge >= 0.3 is 6.18 Å². The summed E-state index contributed by atoms with van der Waals surface area (Å²) in [5, 5.41) is 18.5. The number of benzene rings is 1. The first kappa shape index (κ1) is 26.9. The minimum absolute atomic E-state index is 0.0580. The highest BCUT2D eigenvalue weighted by molar-refractivity contribution is 7.80. The summed E-state index contributed by atoms with van der Waals surface area (Å²) in [4.78, 5) is 15.0. The zero-order valence-electron chi connectivity index (χ0n) is 20.3. The third kappa shape index (κ3) is 6.98. The Kier molecular flexibility index (Phi) is 7.83. The van der Waals surface area contributed by atoms with E-state index in [0.29, 0.717) is 29.1 Å². The number of hydrogen-bond acceptors (Lipinski definition) is 8. The maximum absolute atomic E-state index is 13.1. The van der Waals surface area contributed by atoms with Crippen LogP contribution >= 0.6 is 23.8 Å². The minimum atomic E-state index is -4.58. The third-order valence-electron chi connectivity index (χ3n) is 4.93. The van der Waals surface area contributed by atoms with Crippen molar-refractivity contribution in [2.24, 2.45) is 0 Å². The van der Waals surface area contributed by atoms with Gasteiger partial charge in [-0.1, -0.05) is 11.6 Å². The van der Waals surface area contributed by atoms with Crippen molar-refractivity contribution in [1.29, 1.82) is 0 Å². The summed E-state index contributed by atoms with van der Waals surface area (Å²) in [5.41, 5.74) is 0.512. The Morgan fingerprint density at radius 1 is 0.974 bits per heavy atom. The molecule has 198 valence electrons. The highest BCUT2D eigenvalue weighted by Gasteiger charge is 2.33. The Balaban J connectivity index is 1.38. The maximum atomic E-state index is 13.1. The highest BCUT2D eigenvalue weighted by Crippen LogP contribution is 2.36. The Labute approximate surface area is 226 Å². The molecular weight excluding hydrogens is 541 g/mol. The van der Waals surface area contributed by atoms with Crippen LogP contribution in [0.2, 0.25) is 5.02 Å². The number of aryl methyl sites for hydroxylation is 1. The lowest BCUT2D eigenvalue weighted by Crippen LogP contribution is -2.20. The first-order chi connectivity index (χ1) is 18.0. The molecule has 0 bridgehead atoms. The molecule has 38 heavy (non-hydrogen) atoms. The van der Waals surface area contributed by atoms with Crippen molar-refractivity contribution in [3.63, 3.8) is 0 Å². The second-order valence-corrected chi connectivity index (χ2v) is 9.02. The molecular formula is C23H22ClF3N10S. The number of aromatic nitrogens is 5. The quantitative estimate of drug-likeness (QED) is 0.173. The number of pyridine rings is 1. The molecule has 0 atom stereocenters. The van der Waals surface area contributed by atoms with E-state index >= 15 is 0 Å². The second-order valence-electron chi connectivity index (χ2n) is 8.21. The van der Waals surface area contributed by atoms with Gasteiger partial charge < -0.3 is 26.2 Å². The van der Waals surface area contributed by atoms with E-state index in [0.717, 1.165) is 23.6 Å². The van der Waals surface area contributed by atoms with Crippen LogP contribution in [0.15, 0.2) is 48.7 Å². The van der Waals surface area contributed by atoms with Crippen LogP contribution in [0.4, 0.5) is 53.8 Å². The fourth-order valence-corrected chi connectivity index (χ4v) is 3.65. The summed E-state index contributed by atoms with van der Waals surface area (Å²) in [6.45, 7) is 1.84. The van der Waals surface area contributed by atoms with Gasteiger partial charge in [0.15, 0.2) is 10.9 Å². The van der Waals surface area contributed by atoms with E-state index in [1.54, 1.807) is 18.2 Å². The van der Waals surface area contributed by atoms with Gasteiger partial charge in [-0.2, -0.15) is 23.3 Å². The van der Waals surface area contributed by atoms with Crippen molar-refractivity contribution in [3.8, 4) is 0 Å². The van der Waals surface area contributed by atoms with Crippen LogP contribution in [-0.4, -0.2) is 44.4 Å². The van der Waals surface area contributed by atoms with Gasteiger partial charge in [0.2, 0.25) is 5.95 Å². The molecule has 0 spiro atoms. The van der Waals surface area contributed by atoms with E-state index in [4.69, 9.17) is 23.8 Å². The SMILES string of the molecule is Cc1cc(Nc2cc(N(C)C)n[nH]2)nc(Nc2ccc(NC(=S)Nc3ccc(Cl)c(C(F)(F)F)c3)nc2)n1. The van der Waals surface area contributed by atoms with Gasteiger partial charge in [0, 0.05) is 37.6 Å². The fourth-order valence-electron chi connectivity index (χ4n) is 3.20. The molecule has 5 N–H and O–H groups in total. The van der Waals surface area contributed by atoms with Crippen molar-refractivity contribution < 1.29 is 13.2 Å². The third-order valence-corrected chi connectivity index (χ3v) is 5.46. The molecule has 0 saturated heterocycles. The molecule has 0 unspecified atom stereocenters. The lowest BCUT2D eigenvalue weighted by molar-refractivity contribution is -0.137. The lowest BCUT2D eigenvalue weighted by atomic mass is 10.2. The Hall–Kier alpha value is -4.17. The van der Waals surface area contributed by atoms with Gasteiger partial charge in [-0.05, 0) is 49.5 Å². The van der Waals surface area contributed by atoms with E-state index in [-0.39, 0.29) is 10.8 Å². The molecule has 15 heteroatoms. The van der Waals surface area contributed by atoms with Gasteiger partial charge in [0.05, 0.1) is 22.5 Å². The van der Waals surface area contributed by atoms with Gasteiger partial charge in [0.25, 0.3) is 0 Å². The number of thiocarbonyl (C=S) groups is 1. The normalized spacial score (nSPS) is 11.1. The van der Waals surface area contributed by atoms with Crippen LogP contribution < -0.4 is 26.2 Å². The van der Waals surface area contributed by atoms with Gasteiger partial charge in [0.1, 0.15) is 17.5 Å². The van der Waals surface area contributed by atoms with E-state index in [1.165, 1.54) is 12.3 Å². The largest absolute Gasteiger partial charge is 0.417 e. The van der Waals surface area contributed by atoms with Crippen molar-refractivity contribution >= 4 is 69.5 Å². The lowest BCUT2D eigenvalue weighted by Gasteiger charge is -2.14. The number of nitrogens with one attached hydrogen (secondary N) is 5. The molecule has 4 aromatic rings. The standard InChI is InChI=1S/C23H22ClF3N10S/c1-12-8-18(32-19-10-20(36-35-19)37(2)3)33-21(29-12)30-14-5-7-17(28-11-14)34-22(38)31-13-4-6-16(24)15(9-13)23(25,26)27/h4-11H,1-3H3,(H2,28,31,34,38)(H3,29,30,32,33,35,36). The molecule has 1 aromatic carbocycles. The summed E-state index contributed by atoms with van der Waals surface area (Å²) in [5.74, 6) is 2.73. The molecule has 0 amide bonds. The smallest absolute Gasteiger partial charge is 0.361 e. The number of aromatic amines is 1. The first-order valence-electron chi connectivity index (χ1n) is 11.0. The van der Waals surface area contributed by atoms with E-state index in [9.17, 15) is 13.2 Å². The van der Waals surface area contributed by atoms with Gasteiger partial charge in [-0.25, -0.2) is 9.97 Å². The number of halogens is 4. The van der Waals surface area contributed by atoms with Crippen molar-refractivity contribution in [3.05, 3.63) is 64.9 Å². The van der Waals surface area contributed by atoms with Crippen LogP contribution in [0.5, 0.6) is 0 Å². The van der Waals surface area contributed by atoms with Crippen LogP contribution in [0.1, 0.15) is 11.3 Å². The van der Waals surface area contributed by atoms with E-state index < -0.39 is 16.8 Å². The Bertz CT molecular complexity index is 1440. The monoisotopic (exact) mass is 562 g/mol. The fraction of sp³-hybridized carbons (Fsp3) is 0.174. The predicted molar refractivity (Wildman–Crippen MR) is 147 cm³/mol. The Morgan fingerprint density at radius 3 is 2.39 bits per heavy atom. The van der Waals surface area contributed by atoms with Crippen molar-refractivity contribution in [2.75, 3.05) is 40.3 Å². The number of rotatable bonds is 7. The molecule has 3 heterocycles. The number of H-pyrrole nitrogens is 1. The first-order valence-corrected chi connectivity index (χ1v) is 11.8. The average molecular weight is 563 g/mol.